The van der Waals surface area contributed by atoms with E-state index >= 15 is 0 Å². The molecule has 24 heavy (non-hydrogen) atoms. The van der Waals surface area contributed by atoms with E-state index in [4.69, 9.17) is 16.3 Å². The zero-order valence-corrected chi connectivity index (χ0v) is 14.2. The van der Waals surface area contributed by atoms with Crippen LogP contribution in [0.1, 0.15) is 18.1 Å². The maximum Gasteiger partial charge on any atom is 0.266 e. The molecule has 0 aliphatic rings. The van der Waals surface area contributed by atoms with Crippen LogP contribution in [0.5, 0.6) is 5.75 Å². The lowest BCUT2D eigenvalue weighted by Crippen LogP contribution is -2.14. The van der Waals surface area contributed by atoms with Crippen molar-refractivity contribution in [3.8, 4) is 11.8 Å². The third kappa shape index (κ3) is 4.15. The number of anilines is 1. The Hall–Kier alpha value is -2.77. The molecule has 0 spiro atoms. The fourth-order valence-corrected chi connectivity index (χ4v) is 2.30. The van der Waals surface area contributed by atoms with Crippen molar-refractivity contribution in [3.05, 3.63) is 64.2 Å². The third-order valence-electron chi connectivity index (χ3n) is 3.40. The summed E-state index contributed by atoms with van der Waals surface area (Å²) in [6.45, 7) is 4.18. The summed E-state index contributed by atoms with van der Waals surface area (Å²) in [6, 6.07) is 14.4. The molecule has 0 bridgehead atoms. The van der Waals surface area contributed by atoms with Crippen LogP contribution in [0.4, 0.5) is 5.69 Å². The Kier molecular flexibility index (Phi) is 6.00. The predicted octanol–water partition coefficient (Wildman–Crippen LogP) is 4.59. The van der Waals surface area contributed by atoms with Crippen LogP contribution in [0, 0.1) is 18.3 Å². The molecule has 0 radical (unpaired) electrons. The Morgan fingerprint density at radius 2 is 2.04 bits per heavy atom. The largest absolute Gasteiger partial charge is 0.493 e. The van der Waals surface area contributed by atoms with Crippen molar-refractivity contribution in [1.29, 1.82) is 5.26 Å². The van der Waals surface area contributed by atoms with E-state index in [1.165, 1.54) is 6.08 Å². The number of benzene rings is 2. The van der Waals surface area contributed by atoms with Crippen LogP contribution < -0.4 is 10.1 Å². The summed E-state index contributed by atoms with van der Waals surface area (Å²) in [5.41, 5.74) is 1.99. The molecule has 1 amide bonds. The van der Waals surface area contributed by atoms with Gasteiger partial charge < -0.3 is 10.1 Å². The van der Waals surface area contributed by atoms with Crippen molar-refractivity contribution in [2.75, 3.05) is 11.9 Å². The van der Waals surface area contributed by atoms with Crippen molar-refractivity contribution in [1.82, 2.24) is 0 Å². The van der Waals surface area contributed by atoms with Gasteiger partial charge in [0, 0.05) is 16.3 Å². The molecular weight excluding hydrogens is 324 g/mol. The highest BCUT2D eigenvalue weighted by molar-refractivity contribution is 6.31. The van der Waals surface area contributed by atoms with E-state index in [1.54, 1.807) is 37.3 Å². The van der Waals surface area contributed by atoms with Gasteiger partial charge in [0.2, 0.25) is 0 Å². The van der Waals surface area contributed by atoms with Crippen LogP contribution in [0.3, 0.4) is 0 Å². The summed E-state index contributed by atoms with van der Waals surface area (Å²) in [7, 11) is 0. The summed E-state index contributed by atoms with van der Waals surface area (Å²) in [6.07, 6.45) is 1.51. The standard InChI is InChI=1S/C19H17ClN2O2/c1-3-24-18-10-5-4-7-14(18)11-15(12-21)19(23)22-17-9-6-8-16(20)13(17)2/h4-11H,3H2,1-2H3,(H,22,23)/b15-11+. The molecule has 0 aliphatic carbocycles. The summed E-state index contributed by atoms with van der Waals surface area (Å²) in [5.74, 6) is 0.133. The second-order valence-electron chi connectivity index (χ2n) is 5.01. The van der Waals surface area contributed by atoms with E-state index in [1.807, 2.05) is 25.1 Å². The molecule has 122 valence electrons. The number of carbonyl (C=O) groups excluding carboxylic acids is 1. The van der Waals surface area contributed by atoms with Crippen molar-refractivity contribution in [2.24, 2.45) is 0 Å². The van der Waals surface area contributed by atoms with Crippen LogP contribution in [-0.4, -0.2) is 12.5 Å². The number of nitrogens with zero attached hydrogens (tertiary/aromatic N) is 1. The Bertz CT molecular complexity index is 822. The average molecular weight is 341 g/mol. The predicted molar refractivity (Wildman–Crippen MR) is 96.0 cm³/mol. The number of hydrogen-bond acceptors (Lipinski definition) is 3. The molecule has 0 heterocycles. The lowest BCUT2D eigenvalue weighted by molar-refractivity contribution is -0.112. The summed E-state index contributed by atoms with van der Waals surface area (Å²) in [4.78, 5) is 12.4. The number of rotatable bonds is 5. The van der Waals surface area contributed by atoms with E-state index in [0.717, 1.165) is 5.56 Å². The van der Waals surface area contributed by atoms with Crippen LogP contribution in [0.2, 0.25) is 5.02 Å². The molecule has 1 N–H and O–H groups in total. The van der Waals surface area contributed by atoms with Gasteiger partial charge in [-0.05, 0) is 43.7 Å². The summed E-state index contributed by atoms with van der Waals surface area (Å²) in [5, 5.41) is 12.6. The van der Waals surface area contributed by atoms with Gasteiger partial charge in [0.1, 0.15) is 17.4 Å². The normalized spacial score (nSPS) is 10.8. The SMILES string of the molecule is CCOc1ccccc1/C=C(\C#N)C(=O)Nc1cccc(Cl)c1C. The van der Waals surface area contributed by atoms with Gasteiger partial charge in [-0.15, -0.1) is 0 Å². The topological polar surface area (TPSA) is 62.1 Å². The highest BCUT2D eigenvalue weighted by Crippen LogP contribution is 2.24. The molecule has 0 fully saturated rings. The smallest absolute Gasteiger partial charge is 0.266 e. The third-order valence-corrected chi connectivity index (χ3v) is 3.81. The van der Waals surface area contributed by atoms with Gasteiger partial charge in [-0.1, -0.05) is 35.9 Å². The molecule has 5 heteroatoms. The number of ether oxygens (including phenoxy) is 1. The summed E-state index contributed by atoms with van der Waals surface area (Å²) < 4.78 is 5.51. The number of nitrogens with one attached hydrogen (secondary N) is 1. The molecule has 2 aromatic carbocycles. The molecule has 0 atom stereocenters. The van der Waals surface area contributed by atoms with E-state index in [-0.39, 0.29) is 5.57 Å². The Morgan fingerprint density at radius 3 is 2.75 bits per heavy atom. The molecular formula is C19H17ClN2O2. The molecule has 0 saturated heterocycles. The zero-order chi connectivity index (χ0) is 17.5. The number of halogens is 1. The maximum absolute atomic E-state index is 12.4. The minimum Gasteiger partial charge on any atom is -0.493 e. The van der Waals surface area contributed by atoms with Crippen LogP contribution in [0.25, 0.3) is 6.08 Å². The Balaban J connectivity index is 2.30. The molecule has 0 unspecified atom stereocenters. The van der Waals surface area contributed by atoms with E-state index in [2.05, 4.69) is 5.32 Å². The first-order chi connectivity index (χ1) is 11.6. The summed E-state index contributed by atoms with van der Waals surface area (Å²) >= 11 is 6.05. The average Bonchev–Trinajstić information content (AvgIpc) is 2.58. The highest BCUT2D eigenvalue weighted by Gasteiger charge is 2.13. The van der Waals surface area contributed by atoms with Crippen LogP contribution >= 0.6 is 11.6 Å². The minimum absolute atomic E-state index is 0.0125. The number of amides is 1. The maximum atomic E-state index is 12.4. The second kappa shape index (κ2) is 8.19. The lowest BCUT2D eigenvalue weighted by Gasteiger charge is -2.10. The van der Waals surface area contributed by atoms with Gasteiger partial charge in [-0.3, -0.25) is 4.79 Å². The molecule has 2 rings (SSSR count). The van der Waals surface area contributed by atoms with Crippen LogP contribution in [0.15, 0.2) is 48.0 Å². The van der Waals surface area contributed by atoms with Crippen molar-refractivity contribution < 1.29 is 9.53 Å². The molecule has 0 saturated carbocycles. The van der Waals surface area contributed by atoms with Crippen molar-refractivity contribution in [3.63, 3.8) is 0 Å². The number of para-hydroxylation sites is 1. The highest BCUT2D eigenvalue weighted by atomic mass is 35.5. The first kappa shape index (κ1) is 17.6. The number of hydrogen-bond donors (Lipinski definition) is 1. The quantitative estimate of drug-likeness (QED) is 0.639. The Labute approximate surface area is 146 Å². The molecule has 2 aromatic rings. The van der Waals surface area contributed by atoms with Gasteiger partial charge in [-0.2, -0.15) is 5.26 Å². The molecule has 0 aromatic heterocycles. The Morgan fingerprint density at radius 1 is 1.29 bits per heavy atom. The fraction of sp³-hybridized carbons (Fsp3) is 0.158. The first-order valence-electron chi connectivity index (χ1n) is 7.47. The molecule has 0 aliphatic heterocycles. The van der Waals surface area contributed by atoms with Gasteiger partial charge in [0.15, 0.2) is 0 Å². The van der Waals surface area contributed by atoms with Gasteiger partial charge in [0.05, 0.1) is 6.61 Å². The van der Waals surface area contributed by atoms with Crippen molar-refractivity contribution >= 4 is 29.3 Å². The van der Waals surface area contributed by atoms with E-state index in [9.17, 15) is 10.1 Å². The van der Waals surface area contributed by atoms with Gasteiger partial charge in [0.25, 0.3) is 5.91 Å². The van der Waals surface area contributed by atoms with E-state index < -0.39 is 5.91 Å². The van der Waals surface area contributed by atoms with Crippen molar-refractivity contribution in [2.45, 2.75) is 13.8 Å². The van der Waals surface area contributed by atoms with Crippen LogP contribution in [-0.2, 0) is 4.79 Å². The monoisotopic (exact) mass is 340 g/mol. The molecule has 4 nitrogen and oxygen atoms in total. The second-order valence-corrected chi connectivity index (χ2v) is 5.41. The fourth-order valence-electron chi connectivity index (χ4n) is 2.12. The zero-order valence-electron chi connectivity index (χ0n) is 13.5. The lowest BCUT2D eigenvalue weighted by atomic mass is 10.1. The van der Waals surface area contributed by atoms with Gasteiger partial charge >= 0.3 is 0 Å². The van der Waals surface area contributed by atoms with Gasteiger partial charge in [-0.25, -0.2) is 0 Å². The van der Waals surface area contributed by atoms with E-state index in [0.29, 0.717) is 28.6 Å². The number of nitriles is 1. The first-order valence-corrected chi connectivity index (χ1v) is 7.84. The minimum atomic E-state index is -0.492. The number of carbonyl (C=O) groups is 1.